The van der Waals surface area contributed by atoms with Gasteiger partial charge < -0.3 is 10.2 Å². The van der Waals surface area contributed by atoms with E-state index in [-0.39, 0.29) is 5.91 Å². The predicted molar refractivity (Wildman–Crippen MR) is 70.5 cm³/mol. The first-order valence-electron chi connectivity index (χ1n) is 5.83. The van der Waals surface area contributed by atoms with Crippen LogP contribution in [0.2, 0.25) is 5.02 Å². The maximum absolute atomic E-state index is 12.4. The standard InChI is InChI=1S/C13H17ClN2O/c1-13(2)12(17)16(8-4-7-15-13)11-6-3-5-10(14)9-11/h3,5-6,9,15H,4,7-8H2,1-2H3. The van der Waals surface area contributed by atoms with Gasteiger partial charge in [0.05, 0.1) is 5.54 Å². The zero-order chi connectivity index (χ0) is 12.5. The molecule has 0 bridgehead atoms. The van der Waals surface area contributed by atoms with Crippen molar-refractivity contribution in [2.24, 2.45) is 0 Å². The Hall–Kier alpha value is -1.06. The molecular weight excluding hydrogens is 236 g/mol. The summed E-state index contributed by atoms with van der Waals surface area (Å²) in [6, 6.07) is 7.44. The van der Waals surface area contributed by atoms with E-state index < -0.39 is 5.54 Å². The molecule has 1 heterocycles. The van der Waals surface area contributed by atoms with E-state index >= 15 is 0 Å². The Morgan fingerprint density at radius 3 is 2.88 bits per heavy atom. The van der Waals surface area contributed by atoms with E-state index in [0.29, 0.717) is 5.02 Å². The van der Waals surface area contributed by atoms with Crippen LogP contribution in [0.4, 0.5) is 5.69 Å². The molecule has 0 aromatic heterocycles. The number of hydrogen-bond acceptors (Lipinski definition) is 2. The summed E-state index contributed by atoms with van der Waals surface area (Å²) in [7, 11) is 0. The topological polar surface area (TPSA) is 32.3 Å². The van der Waals surface area contributed by atoms with Crippen molar-refractivity contribution in [3.63, 3.8) is 0 Å². The lowest BCUT2D eigenvalue weighted by Gasteiger charge is -2.29. The molecule has 1 aromatic rings. The second-order valence-electron chi connectivity index (χ2n) is 4.84. The van der Waals surface area contributed by atoms with Crippen molar-refractivity contribution < 1.29 is 4.79 Å². The van der Waals surface area contributed by atoms with Gasteiger partial charge in [-0.2, -0.15) is 0 Å². The van der Waals surface area contributed by atoms with Crippen molar-refractivity contribution >= 4 is 23.2 Å². The fraction of sp³-hybridized carbons (Fsp3) is 0.462. The van der Waals surface area contributed by atoms with Crippen LogP contribution in [0.25, 0.3) is 0 Å². The molecule has 1 fully saturated rings. The fourth-order valence-electron chi connectivity index (χ4n) is 2.04. The van der Waals surface area contributed by atoms with Crippen LogP contribution in [0.15, 0.2) is 24.3 Å². The highest BCUT2D eigenvalue weighted by Gasteiger charge is 2.34. The minimum absolute atomic E-state index is 0.0947. The zero-order valence-corrected chi connectivity index (χ0v) is 10.9. The molecule has 92 valence electrons. The van der Waals surface area contributed by atoms with E-state index in [1.807, 2.05) is 43.0 Å². The summed E-state index contributed by atoms with van der Waals surface area (Å²) < 4.78 is 0. The number of carbonyl (C=O) groups is 1. The third-order valence-electron chi connectivity index (χ3n) is 3.03. The van der Waals surface area contributed by atoms with Crippen molar-refractivity contribution in [2.75, 3.05) is 18.0 Å². The summed E-state index contributed by atoms with van der Waals surface area (Å²) in [6.45, 7) is 5.42. The zero-order valence-electron chi connectivity index (χ0n) is 10.2. The number of carbonyl (C=O) groups excluding carboxylic acids is 1. The predicted octanol–water partition coefficient (Wildman–Crippen LogP) is 2.44. The van der Waals surface area contributed by atoms with Gasteiger partial charge in [-0.3, -0.25) is 4.79 Å². The number of rotatable bonds is 1. The summed E-state index contributed by atoms with van der Waals surface area (Å²) in [5, 5.41) is 3.92. The van der Waals surface area contributed by atoms with Crippen LogP contribution < -0.4 is 10.2 Å². The molecule has 0 unspecified atom stereocenters. The summed E-state index contributed by atoms with van der Waals surface area (Å²) >= 11 is 5.97. The first-order chi connectivity index (χ1) is 8.00. The SMILES string of the molecule is CC1(C)NCCCN(c2cccc(Cl)c2)C1=O. The highest BCUT2D eigenvalue weighted by atomic mass is 35.5. The van der Waals surface area contributed by atoms with Crippen LogP contribution in [0, 0.1) is 0 Å². The number of nitrogens with one attached hydrogen (secondary N) is 1. The minimum Gasteiger partial charge on any atom is -0.311 e. The van der Waals surface area contributed by atoms with Gasteiger partial charge in [0.2, 0.25) is 5.91 Å². The van der Waals surface area contributed by atoms with E-state index in [2.05, 4.69) is 5.32 Å². The lowest BCUT2D eigenvalue weighted by Crippen LogP contribution is -2.51. The summed E-state index contributed by atoms with van der Waals surface area (Å²) in [4.78, 5) is 14.2. The van der Waals surface area contributed by atoms with E-state index in [4.69, 9.17) is 11.6 Å². The van der Waals surface area contributed by atoms with E-state index in [9.17, 15) is 4.79 Å². The molecule has 4 heteroatoms. The van der Waals surface area contributed by atoms with Crippen LogP contribution in [0.3, 0.4) is 0 Å². The largest absolute Gasteiger partial charge is 0.311 e. The average molecular weight is 253 g/mol. The maximum atomic E-state index is 12.4. The van der Waals surface area contributed by atoms with Crippen LogP contribution >= 0.6 is 11.6 Å². The van der Waals surface area contributed by atoms with Crippen molar-refractivity contribution in [3.05, 3.63) is 29.3 Å². The molecule has 1 N–H and O–H groups in total. The Balaban J connectivity index is 2.33. The summed E-state index contributed by atoms with van der Waals surface area (Å²) in [5.41, 5.74) is 0.359. The Kier molecular flexibility index (Phi) is 3.40. The van der Waals surface area contributed by atoms with Crippen LogP contribution in [-0.4, -0.2) is 24.5 Å². The molecule has 1 aromatic carbocycles. The first kappa shape index (κ1) is 12.4. The van der Waals surface area contributed by atoms with Crippen molar-refractivity contribution in [1.82, 2.24) is 5.32 Å². The first-order valence-corrected chi connectivity index (χ1v) is 6.21. The van der Waals surface area contributed by atoms with Crippen LogP contribution in [0.5, 0.6) is 0 Å². The Bertz CT molecular complexity index is 431. The smallest absolute Gasteiger partial charge is 0.246 e. The molecule has 0 aliphatic carbocycles. The summed E-state index contributed by atoms with van der Waals surface area (Å²) in [6.07, 6.45) is 0.946. The van der Waals surface area contributed by atoms with Crippen molar-refractivity contribution in [1.29, 1.82) is 0 Å². The second kappa shape index (κ2) is 4.67. The molecule has 2 rings (SSSR count). The summed E-state index contributed by atoms with van der Waals surface area (Å²) in [5.74, 6) is 0.0947. The van der Waals surface area contributed by atoms with E-state index in [0.717, 1.165) is 25.2 Å². The molecule has 1 aliphatic heterocycles. The third kappa shape index (κ3) is 2.61. The molecule has 17 heavy (non-hydrogen) atoms. The molecule has 0 saturated carbocycles. The highest BCUT2D eigenvalue weighted by Crippen LogP contribution is 2.23. The molecule has 0 radical (unpaired) electrons. The maximum Gasteiger partial charge on any atom is 0.246 e. The molecule has 1 aliphatic rings. The van der Waals surface area contributed by atoms with Gasteiger partial charge in [0.25, 0.3) is 0 Å². The minimum atomic E-state index is -0.515. The number of anilines is 1. The lowest BCUT2D eigenvalue weighted by molar-refractivity contribution is -0.123. The number of amides is 1. The number of halogens is 1. The van der Waals surface area contributed by atoms with Crippen molar-refractivity contribution in [3.8, 4) is 0 Å². The van der Waals surface area contributed by atoms with E-state index in [1.165, 1.54) is 0 Å². The van der Waals surface area contributed by atoms with Gasteiger partial charge in [-0.05, 0) is 45.0 Å². The van der Waals surface area contributed by atoms with Gasteiger partial charge in [0.1, 0.15) is 0 Å². The number of nitrogens with zero attached hydrogens (tertiary/aromatic N) is 1. The molecule has 0 atom stereocenters. The molecule has 1 saturated heterocycles. The number of hydrogen-bond donors (Lipinski definition) is 1. The van der Waals surface area contributed by atoms with Gasteiger partial charge in [0, 0.05) is 17.3 Å². The van der Waals surface area contributed by atoms with Gasteiger partial charge in [-0.25, -0.2) is 0 Å². The van der Waals surface area contributed by atoms with Gasteiger partial charge in [-0.15, -0.1) is 0 Å². The highest BCUT2D eigenvalue weighted by molar-refractivity contribution is 6.30. The normalized spacial score (nSPS) is 20.2. The lowest BCUT2D eigenvalue weighted by atomic mass is 10.0. The van der Waals surface area contributed by atoms with Crippen LogP contribution in [-0.2, 0) is 4.79 Å². The Morgan fingerprint density at radius 1 is 1.41 bits per heavy atom. The molecular formula is C13H17ClN2O. The molecule has 0 spiro atoms. The van der Waals surface area contributed by atoms with Crippen molar-refractivity contribution in [2.45, 2.75) is 25.8 Å². The van der Waals surface area contributed by atoms with Gasteiger partial charge in [0.15, 0.2) is 0 Å². The molecule has 1 amide bonds. The van der Waals surface area contributed by atoms with E-state index in [1.54, 1.807) is 0 Å². The fourth-order valence-corrected chi connectivity index (χ4v) is 2.23. The number of benzene rings is 1. The second-order valence-corrected chi connectivity index (χ2v) is 5.28. The average Bonchev–Trinajstić information content (AvgIpc) is 2.40. The Labute approximate surface area is 107 Å². The monoisotopic (exact) mass is 252 g/mol. The van der Waals surface area contributed by atoms with Crippen LogP contribution in [0.1, 0.15) is 20.3 Å². The van der Waals surface area contributed by atoms with Gasteiger partial charge >= 0.3 is 0 Å². The third-order valence-corrected chi connectivity index (χ3v) is 3.26. The Morgan fingerprint density at radius 2 is 2.18 bits per heavy atom. The van der Waals surface area contributed by atoms with Gasteiger partial charge in [-0.1, -0.05) is 17.7 Å². The quantitative estimate of drug-likeness (QED) is 0.833. The molecule has 3 nitrogen and oxygen atoms in total.